The molecular weight excluding hydrogens is 321 g/mol. The number of fused-ring (bicyclic) bond motifs is 1. The molecule has 3 aromatic rings. The lowest BCUT2D eigenvalue weighted by atomic mass is 10.1. The van der Waals surface area contributed by atoms with Gasteiger partial charge in [0.25, 0.3) is 0 Å². The van der Waals surface area contributed by atoms with E-state index in [1.807, 2.05) is 26.0 Å². The molecule has 1 heterocycles. The van der Waals surface area contributed by atoms with Crippen LogP contribution in [0.1, 0.15) is 11.1 Å². The molecule has 0 saturated carbocycles. The van der Waals surface area contributed by atoms with Crippen LogP contribution in [-0.2, 0) is 0 Å². The summed E-state index contributed by atoms with van der Waals surface area (Å²) in [6, 6.07) is 8.47. The lowest BCUT2D eigenvalue weighted by molar-refractivity contribution is 0.629. The molecule has 0 aliphatic heterocycles. The molecular formula is C15H13BrFN3. The second kappa shape index (κ2) is 4.59. The SMILES string of the molecule is Cc1cc(-n2c(N)nc3ccc(F)cc32)cc(C)c1Br. The molecule has 0 atom stereocenters. The molecule has 2 aromatic carbocycles. The maximum atomic E-state index is 13.5. The Kier molecular flexibility index (Phi) is 3.01. The molecule has 0 aliphatic rings. The Morgan fingerprint density at radius 2 is 1.80 bits per heavy atom. The molecule has 0 bridgehead atoms. The summed E-state index contributed by atoms with van der Waals surface area (Å²) in [6.07, 6.45) is 0. The minimum Gasteiger partial charge on any atom is -0.369 e. The minimum absolute atomic E-state index is 0.302. The maximum Gasteiger partial charge on any atom is 0.205 e. The zero-order valence-electron chi connectivity index (χ0n) is 11.1. The predicted molar refractivity (Wildman–Crippen MR) is 82.6 cm³/mol. The van der Waals surface area contributed by atoms with Crippen LogP contribution in [0.4, 0.5) is 10.3 Å². The van der Waals surface area contributed by atoms with E-state index in [-0.39, 0.29) is 5.82 Å². The predicted octanol–water partition coefficient (Wildman–Crippen LogP) is 4.13. The number of imidazole rings is 1. The van der Waals surface area contributed by atoms with E-state index in [2.05, 4.69) is 20.9 Å². The van der Waals surface area contributed by atoms with Gasteiger partial charge in [-0.15, -0.1) is 0 Å². The first-order valence-electron chi connectivity index (χ1n) is 6.18. The third-order valence-corrected chi connectivity index (χ3v) is 4.57. The van der Waals surface area contributed by atoms with Crippen LogP contribution in [0, 0.1) is 19.7 Å². The summed E-state index contributed by atoms with van der Waals surface area (Å²) in [5.41, 5.74) is 10.4. The van der Waals surface area contributed by atoms with Crippen molar-refractivity contribution in [1.29, 1.82) is 0 Å². The minimum atomic E-state index is -0.302. The number of aromatic nitrogens is 2. The van der Waals surface area contributed by atoms with Gasteiger partial charge in [-0.05, 0) is 49.2 Å². The largest absolute Gasteiger partial charge is 0.369 e. The summed E-state index contributed by atoms with van der Waals surface area (Å²) >= 11 is 3.54. The van der Waals surface area contributed by atoms with E-state index in [0.717, 1.165) is 21.3 Å². The van der Waals surface area contributed by atoms with E-state index >= 15 is 0 Å². The Bertz CT molecular complexity index is 800. The maximum absolute atomic E-state index is 13.5. The normalized spacial score (nSPS) is 11.2. The third-order valence-electron chi connectivity index (χ3n) is 3.32. The molecule has 0 aliphatic carbocycles. The molecule has 20 heavy (non-hydrogen) atoms. The highest BCUT2D eigenvalue weighted by Crippen LogP contribution is 2.28. The van der Waals surface area contributed by atoms with Gasteiger partial charge >= 0.3 is 0 Å². The van der Waals surface area contributed by atoms with Gasteiger partial charge in [0.1, 0.15) is 5.82 Å². The number of halogens is 2. The Morgan fingerprint density at radius 3 is 2.45 bits per heavy atom. The van der Waals surface area contributed by atoms with E-state index in [9.17, 15) is 4.39 Å². The summed E-state index contributed by atoms with van der Waals surface area (Å²) < 4.78 is 16.3. The van der Waals surface area contributed by atoms with E-state index in [1.54, 1.807) is 10.6 Å². The summed E-state index contributed by atoms with van der Waals surface area (Å²) in [4.78, 5) is 4.27. The lowest BCUT2D eigenvalue weighted by Crippen LogP contribution is -2.02. The fourth-order valence-electron chi connectivity index (χ4n) is 2.39. The van der Waals surface area contributed by atoms with Crippen molar-refractivity contribution in [3.05, 3.63) is 51.7 Å². The second-order valence-electron chi connectivity index (χ2n) is 4.83. The number of nitrogens with zero attached hydrogens (tertiary/aromatic N) is 2. The van der Waals surface area contributed by atoms with Crippen molar-refractivity contribution in [2.75, 3.05) is 5.73 Å². The molecule has 0 spiro atoms. The van der Waals surface area contributed by atoms with E-state index < -0.39 is 0 Å². The van der Waals surface area contributed by atoms with Crippen LogP contribution in [-0.4, -0.2) is 9.55 Å². The van der Waals surface area contributed by atoms with Crippen LogP contribution < -0.4 is 5.73 Å². The summed E-state index contributed by atoms with van der Waals surface area (Å²) in [7, 11) is 0. The van der Waals surface area contributed by atoms with Crippen LogP contribution in [0.5, 0.6) is 0 Å². The average molecular weight is 334 g/mol. The number of benzene rings is 2. The summed E-state index contributed by atoms with van der Waals surface area (Å²) in [6.45, 7) is 4.02. The van der Waals surface area contributed by atoms with Gasteiger partial charge in [-0.1, -0.05) is 15.9 Å². The van der Waals surface area contributed by atoms with E-state index in [4.69, 9.17) is 5.73 Å². The fraction of sp³-hybridized carbons (Fsp3) is 0.133. The third kappa shape index (κ3) is 1.98. The lowest BCUT2D eigenvalue weighted by Gasteiger charge is -2.11. The van der Waals surface area contributed by atoms with Crippen molar-refractivity contribution < 1.29 is 4.39 Å². The topological polar surface area (TPSA) is 43.8 Å². The van der Waals surface area contributed by atoms with Crippen molar-refractivity contribution in [1.82, 2.24) is 9.55 Å². The average Bonchev–Trinajstić information content (AvgIpc) is 2.70. The first-order chi connectivity index (χ1) is 9.47. The van der Waals surface area contributed by atoms with E-state index in [0.29, 0.717) is 17.0 Å². The zero-order chi connectivity index (χ0) is 14.4. The first kappa shape index (κ1) is 13.1. The van der Waals surface area contributed by atoms with Gasteiger partial charge in [-0.3, -0.25) is 4.57 Å². The molecule has 3 nitrogen and oxygen atoms in total. The van der Waals surface area contributed by atoms with Crippen LogP contribution in [0.2, 0.25) is 0 Å². The van der Waals surface area contributed by atoms with Gasteiger partial charge in [0.2, 0.25) is 5.95 Å². The molecule has 1 aromatic heterocycles. The van der Waals surface area contributed by atoms with Gasteiger partial charge in [0.05, 0.1) is 11.0 Å². The highest BCUT2D eigenvalue weighted by atomic mass is 79.9. The number of rotatable bonds is 1. The molecule has 0 saturated heterocycles. The second-order valence-corrected chi connectivity index (χ2v) is 5.62. The fourth-order valence-corrected chi connectivity index (χ4v) is 2.62. The van der Waals surface area contributed by atoms with E-state index in [1.165, 1.54) is 12.1 Å². The number of nitrogen functional groups attached to an aromatic ring is 1. The summed E-state index contributed by atoms with van der Waals surface area (Å²) in [5, 5.41) is 0. The molecule has 5 heteroatoms. The van der Waals surface area contributed by atoms with Crippen LogP contribution >= 0.6 is 15.9 Å². The molecule has 2 N–H and O–H groups in total. The first-order valence-corrected chi connectivity index (χ1v) is 6.97. The highest BCUT2D eigenvalue weighted by Gasteiger charge is 2.12. The quantitative estimate of drug-likeness (QED) is 0.727. The van der Waals surface area contributed by atoms with Crippen molar-refractivity contribution in [2.24, 2.45) is 0 Å². The van der Waals surface area contributed by atoms with Crippen LogP contribution in [0.3, 0.4) is 0 Å². The van der Waals surface area contributed by atoms with Crippen molar-refractivity contribution in [3.8, 4) is 5.69 Å². The molecule has 0 fully saturated rings. The summed E-state index contributed by atoms with van der Waals surface area (Å²) in [5.74, 6) is 0.0518. The van der Waals surface area contributed by atoms with Crippen molar-refractivity contribution in [2.45, 2.75) is 13.8 Å². The molecule has 0 amide bonds. The Labute approximate surface area is 124 Å². The Balaban J connectivity index is 2.34. The molecule has 0 radical (unpaired) electrons. The van der Waals surface area contributed by atoms with Crippen LogP contribution in [0.25, 0.3) is 16.7 Å². The van der Waals surface area contributed by atoms with Crippen molar-refractivity contribution in [3.63, 3.8) is 0 Å². The Hall–Kier alpha value is -1.88. The molecule has 102 valence electrons. The zero-order valence-corrected chi connectivity index (χ0v) is 12.7. The standard InChI is InChI=1S/C15H13BrFN3/c1-8-5-11(6-9(2)14(8)16)20-13-7-10(17)3-4-12(13)19-15(20)18/h3-7H,1-2H3,(H2,18,19). The van der Waals surface area contributed by atoms with Crippen molar-refractivity contribution >= 4 is 32.9 Å². The number of hydrogen-bond acceptors (Lipinski definition) is 2. The van der Waals surface area contributed by atoms with Gasteiger partial charge in [0.15, 0.2) is 0 Å². The molecule has 0 unspecified atom stereocenters. The van der Waals surface area contributed by atoms with Gasteiger partial charge in [0, 0.05) is 16.2 Å². The van der Waals surface area contributed by atoms with Gasteiger partial charge in [-0.25, -0.2) is 9.37 Å². The number of hydrogen-bond donors (Lipinski definition) is 1. The Morgan fingerprint density at radius 1 is 1.15 bits per heavy atom. The number of aryl methyl sites for hydroxylation is 2. The number of nitrogens with two attached hydrogens (primary N) is 1. The van der Waals surface area contributed by atoms with Gasteiger partial charge < -0.3 is 5.73 Å². The van der Waals surface area contributed by atoms with Crippen LogP contribution in [0.15, 0.2) is 34.8 Å². The smallest absolute Gasteiger partial charge is 0.205 e. The number of anilines is 1. The molecule has 3 rings (SSSR count). The monoisotopic (exact) mass is 333 g/mol. The highest BCUT2D eigenvalue weighted by molar-refractivity contribution is 9.10. The van der Waals surface area contributed by atoms with Gasteiger partial charge in [-0.2, -0.15) is 0 Å².